The lowest BCUT2D eigenvalue weighted by Crippen LogP contribution is -1.93. The van der Waals surface area contributed by atoms with Crippen molar-refractivity contribution in [1.82, 2.24) is 0 Å². The van der Waals surface area contributed by atoms with Crippen LogP contribution < -0.4 is 4.74 Å². The molecule has 0 aliphatic rings. The van der Waals surface area contributed by atoms with Crippen molar-refractivity contribution in [2.45, 2.75) is 6.61 Å². The number of fused-ring (bicyclic) bond motifs is 1. The van der Waals surface area contributed by atoms with E-state index in [4.69, 9.17) is 9.15 Å². The molecule has 0 aliphatic heterocycles. The molecule has 3 heteroatoms. The fourth-order valence-corrected chi connectivity index (χ4v) is 2.20. The van der Waals surface area contributed by atoms with Gasteiger partial charge in [-0.05, 0) is 41.1 Å². The normalized spacial score (nSPS) is 10.7. The van der Waals surface area contributed by atoms with Gasteiger partial charge in [-0.2, -0.15) is 0 Å². The molecule has 0 saturated carbocycles. The fraction of sp³-hybridized carbons (Fsp3) is 0.0667. The number of halogens is 1. The fourth-order valence-electron chi connectivity index (χ4n) is 1.83. The van der Waals surface area contributed by atoms with Gasteiger partial charge in [0.1, 0.15) is 12.4 Å². The minimum absolute atomic E-state index is 0.526. The standard InChI is InChI=1S/C15H11BrO2/c16-14-3-1-13-8-15(4-2-12(13)7-14)18-10-11-5-6-17-9-11/h1-9H,10H2. The third-order valence-electron chi connectivity index (χ3n) is 2.76. The monoisotopic (exact) mass is 302 g/mol. The van der Waals surface area contributed by atoms with Gasteiger partial charge >= 0.3 is 0 Å². The van der Waals surface area contributed by atoms with Gasteiger partial charge in [0.15, 0.2) is 0 Å². The largest absolute Gasteiger partial charge is 0.489 e. The van der Waals surface area contributed by atoms with Crippen molar-refractivity contribution in [1.29, 1.82) is 0 Å². The SMILES string of the molecule is Brc1ccc2cc(OCc3ccoc3)ccc2c1. The molecule has 3 aromatic rings. The van der Waals surface area contributed by atoms with Crippen LogP contribution >= 0.6 is 15.9 Å². The van der Waals surface area contributed by atoms with Crippen LogP contribution in [0.25, 0.3) is 10.8 Å². The highest BCUT2D eigenvalue weighted by molar-refractivity contribution is 9.10. The Kier molecular flexibility index (Phi) is 3.07. The van der Waals surface area contributed by atoms with Gasteiger partial charge in [0.25, 0.3) is 0 Å². The number of hydrogen-bond acceptors (Lipinski definition) is 2. The molecule has 0 fully saturated rings. The van der Waals surface area contributed by atoms with Crippen LogP contribution in [0.2, 0.25) is 0 Å². The average Bonchev–Trinajstić information content (AvgIpc) is 2.89. The average molecular weight is 303 g/mol. The van der Waals surface area contributed by atoms with E-state index < -0.39 is 0 Å². The number of rotatable bonds is 3. The van der Waals surface area contributed by atoms with Crippen molar-refractivity contribution < 1.29 is 9.15 Å². The van der Waals surface area contributed by atoms with E-state index in [9.17, 15) is 0 Å². The lowest BCUT2D eigenvalue weighted by molar-refractivity contribution is 0.305. The summed E-state index contributed by atoms with van der Waals surface area (Å²) in [4.78, 5) is 0. The number of furan rings is 1. The maximum atomic E-state index is 5.72. The number of ether oxygens (including phenoxy) is 1. The van der Waals surface area contributed by atoms with Gasteiger partial charge in [-0.25, -0.2) is 0 Å². The van der Waals surface area contributed by atoms with Crippen LogP contribution in [-0.2, 0) is 6.61 Å². The predicted molar refractivity (Wildman–Crippen MR) is 74.7 cm³/mol. The lowest BCUT2D eigenvalue weighted by atomic mass is 10.1. The second kappa shape index (κ2) is 4.86. The summed E-state index contributed by atoms with van der Waals surface area (Å²) in [6, 6.07) is 14.2. The van der Waals surface area contributed by atoms with Gasteiger partial charge in [-0.3, -0.25) is 0 Å². The second-order valence-electron chi connectivity index (χ2n) is 4.07. The van der Waals surface area contributed by atoms with Crippen LogP contribution in [0.4, 0.5) is 0 Å². The van der Waals surface area contributed by atoms with Crippen molar-refractivity contribution in [3.05, 3.63) is 65.0 Å². The quantitative estimate of drug-likeness (QED) is 0.695. The van der Waals surface area contributed by atoms with Gasteiger partial charge in [0.05, 0.1) is 12.5 Å². The van der Waals surface area contributed by atoms with Crippen molar-refractivity contribution >= 4 is 26.7 Å². The molecule has 1 aromatic heterocycles. The number of hydrogen-bond donors (Lipinski definition) is 0. The summed E-state index contributed by atoms with van der Waals surface area (Å²) in [7, 11) is 0. The van der Waals surface area contributed by atoms with Crippen LogP contribution in [0.15, 0.2) is 63.9 Å². The first-order valence-electron chi connectivity index (χ1n) is 5.64. The summed E-state index contributed by atoms with van der Waals surface area (Å²) in [6.07, 6.45) is 3.34. The van der Waals surface area contributed by atoms with E-state index in [1.54, 1.807) is 12.5 Å². The van der Waals surface area contributed by atoms with Crippen LogP contribution in [0, 0.1) is 0 Å². The van der Waals surface area contributed by atoms with Gasteiger partial charge in [0.2, 0.25) is 0 Å². The van der Waals surface area contributed by atoms with Crippen molar-refractivity contribution in [2.75, 3.05) is 0 Å². The Hall–Kier alpha value is -1.74. The van der Waals surface area contributed by atoms with Gasteiger partial charge < -0.3 is 9.15 Å². The van der Waals surface area contributed by atoms with Crippen molar-refractivity contribution in [2.24, 2.45) is 0 Å². The first kappa shape index (κ1) is 11.4. The summed E-state index contributed by atoms with van der Waals surface area (Å²) in [5.41, 5.74) is 1.03. The van der Waals surface area contributed by atoms with Crippen LogP contribution in [-0.4, -0.2) is 0 Å². The summed E-state index contributed by atoms with van der Waals surface area (Å²) in [5, 5.41) is 2.36. The molecule has 2 nitrogen and oxygen atoms in total. The molecule has 0 saturated heterocycles. The lowest BCUT2D eigenvalue weighted by Gasteiger charge is -2.06. The van der Waals surface area contributed by atoms with E-state index in [0.29, 0.717) is 6.61 Å². The number of benzene rings is 2. The zero-order chi connectivity index (χ0) is 12.4. The first-order chi connectivity index (χ1) is 8.81. The van der Waals surface area contributed by atoms with E-state index in [0.717, 1.165) is 15.8 Å². The van der Waals surface area contributed by atoms with Gasteiger partial charge in [-0.1, -0.05) is 28.1 Å². The molecular weight excluding hydrogens is 292 g/mol. The summed E-state index contributed by atoms with van der Waals surface area (Å²) >= 11 is 3.47. The molecule has 0 amide bonds. The highest BCUT2D eigenvalue weighted by Gasteiger charge is 2.00. The molecule has 0 atom stereocenters. The smallest absolute Gasteiger partial charge is 0.120 e. The highest BCUT2D eigenvalue weighted by atomic mass is 79.9. The Balaban J connectivity index is 1.82. The van der Waals surface area contributed by atoms with E-state index >= 15 is 0 Å². The molecule has 0 radical (unpaired) electrons. The second-order valence-corrected chi connectivity index (χ2v) is 4.99. The van der Waals surface area contributed by atoms with Crippen LogP contribution in [0.5, 0.6) is 5.75 Å². The third kappa shape index (κ3) is 2.41. The van der Waals surface area contributed by atoms with E-state index in [1.165, 1.54) is 10.8 Å². The zero-order valence-electron chi connectivity index (χ0n) is 9.60. The molecular formula is C15H11BrO2. The van der Waals surface area contributed by atoms with E-state index in [1.807, 2.05) is 24.3 Å². The molecule has 18 heavy (non-hydrogen) atoms. The molecule has 2 aromatic carbocycles. The van der Waals surface area contributed by atoms with Gasteiger partial charge in [-0.15, -0.1) is 0 Å². The van der Waals surface area contributed by atoms with Crippen LogP contribution in [0.3, 0.4) is 0 Å². The predicted octanol–water partition coefficient (Wildman–Crippen LogP) is 4.77. The molecule has 0 N–H and O–H groups in total. The summed E-state index contributed by atoms with van der Waals surface area (Å²) < 4.78 is 11.8. The minimum Gasteiger partial charge on any atom is -0.489 e. The van der Waals surface area contributed by atoms with E-state index in [2.05, 4.69) is 34.1 Å². The topological polar surface area (TPSA) is 22.4 Å². The zero-order valence-corrected chi connectivity index (χ0v) is 11.2. The molecule has 0 aliphatic carbocycles. The Morgan fingerprint density at radius 1 is 1.00 bits per heavy atom. The molecule has 0 unspecified atom stereocenters. The molecule has 1 heterocycles. The first-order valence-corrected chi connectivity index (χ1v) is 6.44. The molecule has 0 bridgehead atoms. The maximum absolute atomic E-state index is 5.72. The van der Waals surface area contributed by atoms with Crippen LogP contribution in [0.1, 0.15) is 5.56 Å². The minimum atomic E-state index is 0.526. The summed E-state index contributed by atoms with van der Waals surface area (Å²) in [6.45, 7) is 0.526. The molecule has 90 valence electrons. The summed E-state index contributed by atoms with van der Waals surface area (Å²) in [5.74, 6) is 0.867. The Morgan fingerprint density at radius 3 is 2.67 bits per heavy atom. The van der Waals surface area contributed by atoms with Crippen molar-refractivity contribution in [3.8, 4) is 5.75 Å². The Labute approximate surface area is 113 Å². The maximum Gasteiger partial charge on any atom is 0.120 e. The molecule has 0 spiro atoms. The van der Waals surface area contributed by atoms with E-state index in [-0.39, 0.29) is 0 Å². The Morgan fingerprint density at radius 2 is 1.83 bits per heavy atom. The van der Waals surface area contributed by atoms with Gasteiger partial charge in [0, 0.05) is 10.0 Å². The highest BCUT2D eigenvalue weighted by Crippen LogP contribution is 2.24. The van der Waals surface area contributed by atoms with Crippen molar-refractivity contribution in [3.63, 3.8) is 0 Å². The third-order valence-corrected chi connectivity index (χ3v) is 3.25. The Bertz CT molecular complexity index is 659. The molecule has 3 rings (SSSR count).